The van der Waals surface area contributed by atoms with Gasteiger partial charge in [0.15, 0.2) is 0 Å². The van der Waals surface area contributed by atoms with Crippen molar-refractivity contribution in [2.24, 2.45) is 0 Å². The van der Waals surface area contributed by atoms with Crippen molar-refractivity contribution >= 4 is 29.3 Å². The van der Waals surface area contributed by atoms with Crippen LogP contribution in [-0.2, 0) is 11.3 Å². The minimum Gasteiger partial charge on any atom is -0.492 e. The van der Waals surface area contributed by atoms with Crippen molar-refractivity contribution in [2.75, 3.05) is 38.1 Å². The van der Waals surface area contributed by atoms with E-state index in [4.69, 9.17) is 21.1 Å². The summed E-state index contributed by atoms with van der Waals surface area (Å²) in [7, 11) is 0. The molecule has 0 bridgehead atoms. The van der Waals surface area contributed by atoms with Crippen LogP contribution in [0.1, 0.15) is 56.5 Å². The van der Waals surface area contributed by atoms with Crippen LogP contribution >= 0.6 is 11.6 Å². The van der Waals surface area contributed by atoms with Crippen molar-refractivity contribution in [1.82, 2.24) is 9.80 Å². The predicted octanol–water partition coefficient (Wildman–Crippen LogP) is 5.82. The lowest BCUT2D eigenvalue weighted by Crippen LogP contribution is -2.49. The number of rotatable bonds is 8. The fraction of sp³-hybridized carbons (Fsp3) is 0.481. The molecule has 2 aromatic rings. The van der Waals surface area contributed by atoms with Gasteiger partial charge in [0.1, 0.15) is 11.4 Å². The zero-order valence-electron chi connectivity index (χ0n) is 21.1. The largest absolute Gasteiger partial charge is 0.492 e. The Labute approximate surface area is 213 Å². The molecule has 0 aliphatic carbocycles. The van der Waals surface area contributed by atoms with Crippen molar-refractivity contribution in [3.63, 3.8) is 0 Å². The van der Waals surface area contributed by atoms with Gasteiger partial charge in [0.25, 0.3) is 5.91 Å². The Kier molecular flexibility index (Phi) is 9.40. The van der Waals surface area contributed by atoms with E-state index in [1.807, 2.05) is 45.0 Å². The third-order valence-corrected chi connectivity index (χ3v) is 5.88. The summed E-state index contributed by atoms with van der Waals surface area (Å²) in [6, 6.07) is 12.9. The second-order valence-corrected chi connectivity index (χ2v) is 10.2. The first-order valence-electron chi connectivity index (χ1n) is 12.2. The molecule has 1 saturated heterocycles. The highest BCUT2D eigenvalue weighted by molar-refractivity contribution is 6.32. The van der Waals surface area contributed by atoms with Gasteiger partial charge in [-0.05, 0) is 63.1 Å². The van der Waals surface area contributed by atoms with Crippen LogP contribution in [0.5, 0.6) is 5.75 Å². The van der Waals surface area contributed by atoms with E-state index in [0.29, 0.717) is 36.0 Å². The van der Waals surface area contributed by atoms with Gasteiger partial charge in [0.05, 0.1) is 11.6 Å². The zero-order chi connectivity index (χ0) is 25.4. The number of nitrogens with one attached hydrogen (secondary N) is 1. The van der Waals surface area contributed by atoms with E-state index in [9.17, 15) is 9.59 Å². The topological polar surface area (TPSA) is 71.1 Å². The van der Waals surface area contributed by atoms with Gasteiger partial charge >= 0.3 is 6.09 Å². The zero-order valence-corrected chi connectivity index (χ0v) is 21.9. The Bertz CT molecular complexity index is 1010. The first-order chi connectivity index (χ1) is 16.6. The molecule has 35 heavy (non-hydrogen) atoms. The van der Waals surface area contributed by atoms with E-state index in [1.165, 1.54) is 0 Å². The van der Waals surface area contributed by atoms with Gasteiger partial charge in [-0.2, -0.15) is 0 Å². The Morgan fingerprint density at radius 3 is 2.49 bits per heavy atom. The van der Waals surface area contributed by atoms with Crippen LogP contribution in [0.2, 0.25) is 5.02 Å². The van der Waals surface area contributed by atoms with Crippen LogP contribution in [0.4, 0.5) is 10.5 Å². The van der Waals surface area contributed by atoms with Crippen molar-refractivity contribution < 1.29 is 19.1 Å². The first kappa shape index (κ1) is 26.8. The van der Waals surface area contributed by atoms with Gasteiger partial charge in [-0.25, -0.2) is 4.79 Å². The molecule has 0 unspecified atom stereocenters. The molecular weight excluding hydrogens is 466 g/mol. The molecule has 0 saturated carbocycles. The van der Waals surface area contributed by atoms with Gasteiger partial charge in [0.2, 0.25) is 0 Å². The second-order valence-electron chi connectivity index (χ2n) is 9.75. The molecule has 1 aliphatic heterocycles. The van der Waals surface area contributed by atoms with Crippen molar-refractivity contribution in [1.29, 1.82) is 0 Å². The van der Waals surface area contributed by atoms with Crippen LogP contribution in [-0.4, -0.2) is 60.2 Å². The van der Waals surface area contributed by atoms with Crippen LogP contribution in [0.3, 0.4) is 0 Å². The van der Waals surface area contributed by atoms with E-state index < -0.39 is 5.60 Å². The molecular formula is C27H36ClN3O4. The number of unbranched alkanes of at least 4 members (excludes halogenated alkanes) is 1. The molecule has 7 nitrogen and oxygen atoms in total. The SMILES string of the molecule is CCCCOc1cc(C(=O)Nc2cccc(CN3CCN(C(=O)OC(C)(C)C)CC3)c2)ccc1Cl. The lowest BCUT2D eigenvalue weighted by Gasteiger charge is -2.35. The van der Waals surface area contributed by atoms with Crippen LogP contribution < -0.4 is 10.1 Å². The highest BCUT2D eigenvalue weighted by Gasteiger charge is 2.25. The fourth-order valence-electron chi connectivity index (χ4n) is 3.71. The maximum atomic E-state index is 12.8. The van der Waals surface area contributed by atoms with E-state index in [0.717, 1.165) is 43.7 Å². The molecule has 3 rings (SSSR count). The molecule has 0 radical (unpaired) electrons. The summed E-state index contributed by atoms with van der Waals surface area (Å²) < 4.78 is 11.2. The maximum absolute atomic E-state index is 12.8. The van der Waals surface area contributed by atoms with Crippen molar-refractivity contribution in [2.45, 2.75) is 52.7 Å². The number of carbonyl (C=O) groups excluding carboxylic acids is 2. The Balaban J connectivity index is 1.55. The average Bonchev–Trinajstić information content (AvgIpc) is 2.80. The third-order valence-electron chi connectivity index (χ3n) is 5.56. The Morgan fingerprint density at radius 1 is 1.06 bits per heavy atom. The van der Waals surface area contributed by atoms with Crippen molar-refractivity contribution in [3.8, 4) is 5.75 Å². The standard InChI is InChI=1S/C27H36ClN3O4/c1-5-6-16-34-24-18-21(10-11-23(24)28)25(32)29-22-9-7-8-20(17-22)19-30-12-14-31(15-13-30)26(33)35-27(2,3)4/h7-11,17-18H,5-6,12-16,19H2,1-4H3,(H,29,32). The number of carbonyl (C=O) groups is 2. The number of piperazine rings is 1. The number of halogens is 1. The summed E-state index contributed by atoms with van der Waals surface area (Å²) in [5, 5.41) is 3.46. The summed E-state index contributed by atoms with van der Waals surface area (Å²) in [6.45, 7) is 11.8. The van der Waals surface area contributed by atoms with Gasteiger partial charge in [-0.1, -0.05) is 37.1 Å². The quantitative estimate of drug-likeness (QED) is 0.461. The Morgan fingerprint density at radius 2 is 1.80 bits per heavy atom. The minimum absolute atomic E-state index is 0.217. The number of benzene rings is 2. The number of amides is 2. The van der Waals surface area contributed by atoms with Gasteiger partial charge in [-0.3, -0.25) is 9.69 Å². The molecule has 2 amide bonds. The van der Waals surface area contributed by atoms with E-state index in [2.05, 4.69) is 17.1 Å². The van der Waals surface area contributed by atoms with Crippen LogP contribution in [0.25, 0.3) is 0 Å². The fourth-order valence-corrected chi connectivity index (χ4v) is 3.88. The second kappa shape index (κ2) is 12.3. The number of ether oxygens (including phenoxy) is 2. The maximum Gasteiger partial charge on any atom is 0.410 e. The number of nitrogens with zero attached hydrogens (tertiary/aromatic N) is 2. The minimum atomic E-state index is -0.491. The molecule has 0 spiro atoms. The van der Waals surface area contributed by atoms with Crippen LogP contribution in [0.15, 0.2) is 42.5 Å². The normalized spacial score (nSPS) is 14.5. The lowest BCUT2D eigenvalue weighted by molar-refractivity contribution is 0.0139. The molecule has 0 aromatic heterocycles. The van der Waals surface area contributed by atoms with Gasteiger partial charge in [-0.15, -0.1) is 0 Å². The molecule has 1 N–H and O–H groups in total. The summed E-state index contributed by atoms with van der Waals surface area (Å²) in [6.07, 6.45) is 1.69. The summed E-state index contributed by atoms with van der Waals surface area (Å²) in [5.74, 6) is 0.303. The molecule has 190 valence electrons. The van der Waals surface area contributed by atoms with Gasteiger partial charge < -0.3 is 19.7 Å². The van der Waals surface area contributed by atoms with Crippen LogP contribution in [0, 0.1) is 0 Å². The predicted molar refractivity (Wildman–Crippen MR) is 139 cm³/mol. The first-order valence-corrected chi connectivity index (χ1v) is 12.6. The lowest BCUT2D eigenvalue weighted by atomic mass is 10.1. The smallest absolute Gasteiger partial charge is 0.410 e. The summed E-state index contributed by atoms with van der Waals surface area (Å²) in [5.41, 5.74) is 1.82. The molecule has 0 atom stereocenters. The summed E-state index contributed by atoms with van der Waals surface area (Å²) >= 11 is 6.22. The van der Waals surface area contributed by atoms with Gasteiger partial charge in [0, 0.05) is 44.0 Å². The molecule has 1 fully saturated rings. The number of hydrogen-bond acceptors (Lipinski definition) is 5. The molecule has 1 heterocycles. The number of anilines is 1. The number of hydrogen-bond donors (Lipinski definition) is 1. The highest BCUT2D eigenvalue weighted by Crippen LogP contribution is 2.26. The van der Waals surface area contributed by atoms with E-state index in [-0.39, 0.29) is 12.0 Å². The monoisotopic (exact) mass is 501 g/mol. The molecule has 2 aromatic carbocycles. The molecule has 8 heteroatoms. The average molecular weight is 502 g/mol. The van der Waals surface area contributed by atoms with E-state index >= 15 is 0 Å². The third kappa shape index (κ3) is 8.44. The van der Waals surface area contributed by atoms with Crippen molar-refractivity contribution in [3.05, 3.63) is 58.6 Å². The summed E-state index contributed by atoms with van der Waals surface area (Å²) in [4.78, 5) is 29.2. The molecule has 1 aliphatic rings. The highest BCUT2D eigenvalue weighted by atomic mass is 35.5. The Hall–Kier alpha value is -2.77. The van der Waals surface area contributed by atoms with E-state index in [1.54, 1.807) is 23.1 Å².